The Hall–Kier alpha value is -0.540. The lowest BCUT2D eigenvalue weighted by Crippen LogP contribution is -2.33. The number of rotatable bonds is 5. The molecule has 0 bridgehead atoms. The first kappa shape index (κ1) is 13.9. The zero-order chi connectivity index (χ0) is 12.8. The fraction of sp³-hybridized carbons (Fsp3) is 0.600. The Balaban J connectivity index is 1.94. The summed E-state index contributed by atoms with van der Waals surface area (Å²) in [6.45, 7) is 5.30. The molecule has 1 atom stereocenters. The Morgan fingerprint density at radius 2 is 2.33 bits per heavy atom. The quantitative estimate of drug-likeness (QED) is 0.893. The van der Waals surface area contributed by atoms with Gasteiger partial charge < -0.3 is 10.1 Å². The standard InChI is InChI=1S/C15H22BrNO/c1-2-4-13-9-14(16)6-7-15(13)18-11-12-5-3-8-17-10-12/h6-7,9,12,17H,2-5,8,10-11H2,1H3/t12-/m1/s1. The Morgan fingerprint density at radius 3 is 3.06 bits per heavy atom. The van der Waals surface area contributed by atoms with E-state index in [1.165, 1.54) is 18.4 Å². The molecule has 1 aliphatic heterocycles. The fourth-order valence-electron chi connectivity index (χ4n) is 2.43. The minimum Gasteiger partial charge on any atom is -0.493 e. The van der Waals surface area contributed by atoms with Gasteiger partial charge in [0.15, 0.2) is 0 Å². The van der Waals surface area contributed by atoms with Gasteiger partial charge in [-0.15, -0.1) is 0 Å². The average Bonchev–Trinajstić information content (AvgIpc) is 2.39. The van der Waals surface area contributed by atoms with Crippen molar-refractivity contribution in [1.82, 2.24) is 5.32 Å². The van der Waals surface area contributed by atoms with Gasteiger partial charge in [-0.25, -0.2) is 0 Å². The Morgan fingerprint density at radius 1 is 1.44 bits per heavy atom. The Kier molecular flexibility index (Phi) is 5.51. The van der Waals surface area contributed by atoms with Gasteiger partial charge in [-0.2, -0.15) is 0 Å². The number of aryl methyl sites for hydroxylation is 1. The lowest BCUT2D eigenvalue weighted by Gasteiger charge is -2.23. The smallest absolute Gasteiger partial charge is 0.122 e. The third-order valence-electron chi connectivity index (χ3n) is 3.42. The molecule has 0 saturated carbocycles. The van der Waals surface area contributed by atoms with Crippen LogP contribution < -0.4 is 10.1 Å². The highest BCUT2D eigenvalue weighted by atomic mass is 79.9. The van der Waals surface area contributed by atoms with E-state index in [1.807, 2.05) is 0 Å². The number of benzene rings is 1. The van der Waals surface area contributed by atoms with Gasteiger partial charge in [-0.3, -0.25) is 0 Å². The van der Waals surface area contributed by atoms with Gasteiger partial charge in [-0.05, 0) is 49.6 Å². The summed E-state index contributed by atoms with van der Waals surface area (Å²) in [5.41, 5.74) is 1.32. The van der Waals surface area contributed by atoms with Crippen LogP contribution in [0.2, 0.25) is 0 Å². The first-order chi connectivity index (χ1) is 8.79. The first-order valence-corrected chi connectivity index (χ1v) is 7.71. The molecule has 1 saturated heterocycles. The molecule has 0 amide bonds. The molecule has 2 rings (SSSR count). The zero-order valence-electron chi connectivity index (χ0n) is 11.0. The maximum atomic E-state index is 6.02. The highest BCUT2D eigenvalue weighted by Crippen LogP contribution is 2.25. The molecule has 0 aromatic heterocycles. The van der Waals surface area contributed by atoms with Crippen LogP contribution in [0, 0.1) is 5.92 Å². The zero-order valence-corrected chi connectivity index (χ0v) is 12.6. The van der Waals surface area contributed by atoms with Gasteiger partial charge in [0.25, 0.3) is 0 Å². The van der Waals surface area contributed by atoms with Crippen LogP contribution in [-0.4, -0.2) is 19.7 Å². The number of nitrogens with one attached hydrogen (secondary N) is 1. The molecule has 1 N–H and O–H groups in total. The molecule has 1 fully saturated rings. The van der Waals surface area contributed by atoms with E-state index < -0.39 is 0 Å². The summed E-state index contributed by atoms with van der Waals surface area (Å²) in [6.07, 6.45) is 4.79. The Labute approximate surface area is 118 Å². The second kappa shape index (κ2) is 7.15. The predicted molar refractivity (Wildman–Crippen MR) is 79.2 cm³/mol. The van der Waals surface area contributed by atoms with Crippen LogP contribution in [-0.2, 0) is 6.42 Å². The van der Waals surface area contributed by atoms with E-state index in [-0.39, 0.29) is 0 Å². The molecular formula is C15H22BrNO. The van der Waals surface area contributed by atoms with E-state index in [2.05, 4.69) is 46.4 Å². The number of hydrogen-bond donors (Lipinski definition) is 1. The number of halogens is 1. The van der Waals surface area contributed by atoms with Crippen molar-refractivity contribution >= 4 is 15.9 Å². The third-order valence-corrected chi connectivity index (χ3v) is 3.91. The van der Waals surface area contributed by atoms with E-state index in [9.17, 15) is 0 Å². The van der Waals surface area contributed by atoms with Crippen LogP contribution in [0.15, 0.2) is 22.7 Å². The van der Waals surface area contributed by atoms with Crippen molar-refractivity contribution in [3.63, 3.8) is 0 Å². The van der Waals surface area contributed by atoms with Crippen molar-refractivity contribution in [2.75, 3.05) is 19.7 Å². The average molecular weight is 312 g/mol. The maximum Gasteiger partial charge on any atom is 0.122 e. The highest BCUT2D eigenvalue weighted by Gasteiger charge is 2.14. The molecule has 3 heteroatoms. The molecular weight excluding hydrogens is 290 g/mol. The van der Waals surface area contributed by atoms with Crippen molar-refractivity contribution in [3.05, 3.63) is 28.2 Å². The van der Waals surface area contributed by atoms with Crippen molar-refractivity contribution < 1.29 is 4.74 Å². The molecule has 1 aromatic rings. The number of hydrogen-bond acceptors (Lipinski definition) is 2. The summed E-state index contributed by atoms with van der Waals surface area (Å²) in [6, 6.07) is 6.33. The van der Waals surface area contributed by atoms with Crippen molar-refractivity contribution in [2.24, 2.45) is 5.92 Å². The van der Waals surface area contributed by atoms with Crippen LogP contribution >= 0.6 is 15.9 Å². The molecule has 18 heavy (non-hydrogen) atoms. The number of ether oxygens (including phenoxy) is 1. The summed E-state index contributed by atoms with van der Waals surface area (Å²) in [5, 5.41) is 3.43. The second-order valence-electron chi connectivity index (χ2n) is 5.03. The molecule has 1 aromatic carbocycles. The van der Waals surface area contributed by atoms with Crippen LogP contribution in [0.25, 0.3) is 0 Å². The van der Waals surface area contributed by atoms with Crippen LogP contribution in [0.1, 0.15) is 31.7 Å². The molecule has 0 spiro atoms. The molecule has 0 aliphatic carbocycles. The molecule has 100 valence electrons. The minimum atomic E-state index is 0.664. The summed E-state index contributed by atoms with van der Waals surface area (Å²) >= 11 is 3.53. The highest BCUT2D eigenvalue weighted by molar-refractivity contribution is 9.10. The molecule has 0 radical (unpaired) electrons. The topological polar surface area (TPSA) is 21.3 Å². The normalized spacial score (nSPS) is 19.8. The van der Waals surface area contributed by atoms with Crippen molar-refractivity contribution in [3.8, 4) is 5.75 Å². The van der Waals surface area contributed by atoms with E-state index in [0.717, 1.165) is 42.8 Å². The van der Waals surface area contributed by atoms with Gasteiger partial charge in [-0.1, -0.05) is 29.3 Å². The van der Waals surface area contributed by atoms with Gasteiger partial charge in [0.1, 0.15) is 5.75 Å². The summed E-state index contributed by atoms with van der Waals surface area (Å²) in [4.78, 5) is 0. The first-order valence-electron chi connectivity index (χ1n) is 6.91. The minimum absolute atomic E-state index is 0.664. The van der Waals surface area contributed by atoms with E-state index in [4.69, 9.17) is 4.74 Å². The lowest BCUT2D eigenvalue weighted by molar-refractivity contribution is 0.217. The Bertz CT molecular complexity index is 375. The summed E-state index contributed by atoms with van der Waals surface area (Å²) in [5.74, 6) is 1.72. The SMILES string of the molecule is CCCc1cc(Br)ccc1OC[C@@H]1CCCNC1. The summed E-state index contributed by atoms with van der Waals surface area (Å²) in [7, 11) is 0. The molecule has 0 unspecified atom stereocenters. The van der Waals surface area contributed by atoms with Crippen LogP contribution in [0.4, 0.5) is 0 Å². The van der Waals surface area contributed by atoms with E-state index in [0.29, 0.717) is 5.92 Å². The van der Waals surface area contributed by atoms with Crippen molar-refractivity contribution in [2.45, 2.75) is 32.6 Å². The van der Waals surface area contributed by atoms with Crippen LogP contribution in [0.3, 0.4) is 0 Å². The van der Waals surface area contributed by atoms with Gasteiger partial charge in [0.2, 0.25) is 0 Å². The summed E-state index contributed by atoms with van der Waals surface area (Å²) < 4.78 is 7.16. The van der Waals surface area contributed by atoms with Crippen LogP contribution in [0.5, 0.6) is 5.75 Å². The third kappa shape index (κ3) is 3.99. The molecule has 2 nitrogen and oxygen atoms in total. The monoisotopic (exact) mass is 311 g/mol. The van der Waals surface area contributed by atoms with E-state index >= 15 is 0 Å². The van der Waals surface area contributed by atoms with Gasteiger partial charge in [0, 0.05) is 16.9 Å². The van der Waals surface area contributed by atoms with E-state index in [1.54, 1.807) is 0 Å². The molecule has 1 heterocycles. The maximum absolute atomic E-state index is 6.02. The molecule has 1 aliphatic rings. The van der Waals surface area contributed by atoms with Crippen molar-refractivity contribution in [1.29, 1.82) is 0 Å². The van der Waals surface area contributed by atoms with Gasteiger partial charge in [0.05, 0.1) is 6.61 Å². The largest absolute Gasteiger partial charge is 0.493 e. The van der Waals surface area contributed by atoms with Gasteiger partial charge >= 0.3 is 0 Å². The number of piperidine rings is 1. The fourth-order valence-corrected chi connectivity index (χ4v) is 2.84. The lowest BCUT2D eigenvalue weighted by atomic mass is 10.0. The predicted octanol–water partition coefficient (Wildman–Crippen LogP) is 3.78. The second-order valence-corrected chi connectivity index (χ2v) is 5.94.